The molecule has 1 aromatic heterocycles. The smallest absolute Gasteiger partial charge is 0.255 e. The molecule has 0 amide bonds. The number of anilines is 1. The molecule has 0 aliphatic heterocycles. The Hall–Kier alpha value is -0.750. The zero-order valence-electron chi connectivity index (χ0n) is 10.7. The van der Waals surface area contributed by atoms with Crippen molar-refractivity contribution in [3.63, 3.8) is 0 Å². The van der Waals surface area contributed by atoms with E-state index >= 15 is 0 Å². The molecule has 0 aromatic carbocycles. The van der Waals surface area contributed by atoms with Crippen molar-refractivity contribution in [2.75, 3.05) is 25.0 Å². The normalized spacial score (nSPS) is 19.1. The summed E-state index contributed by atoms with van der Waals surface area (Å²) >= 11 is 1.55. The van der Waals surface area contributed by atoms with Gasteiger partial charge in [0.05, 0.1) is 12.2 Å². The van der Waals surface area contributed by atoms with Crippen LogP contribution in [0.5, 0.6) is 0 Å². The highest BCUT2D eigenvalue weighted by Gasteiger charge is 2.25. The Balaban J connectivity index is 2.16. The number of alkyl halides is 2. The van der Waals surface area contributed by atoms with Gasteiger partial charge in [-0.1, -0.05) is 18.3 Å². The van der Waals surface area contributed by atoms with Crippen molar-refractivity contribution >= 4 is 16.5 Å². The lowest BCUT2D eigenvalue weighted by Gasteiger charge is -2.21. The summed E-state index contributed by atoms with van der Waals surface area (Å²) in [6.07, 6.45) is 0.879. The Labute approximate surface area is 110 Å². The molecule has 0 radical (unpaired) electrons. The lowest BCUT2D eigenvalue weighted by atomic mass is 9.98. The molecule has 1 unspecified atom stereocenters. The summed E-state index contributed by atoms with van der Waals surface area (Å²) in [4.78, 5) is 7.29. The van der Waals surface area contributed by atoms with E-state index in [2.05, 4.69) is 17.2 Å². The molecule has 6 heteroatoms. The van der Waals surface area contributed by atoms with Gasteiger partial charge in [-0.05, 0) is 25.8 Å². The predicted molar refractivity (Wildman–Crippen MR) is 70.7 cm³/mol. The first-order valence-corrected chi connectivity index (χ1v) is 7.15. The highest BCUT2D eigenvalue weighted by molar-refractivity contribution is 7.15. The lowest BCUT2D eigenvalue weighted by molar-refractivity contribution is 0.156. The van der Waals surface area contributed by atoms with Gasteiger partial charge in [0, 0.05) is 18.0 Å². The van der Waals surface area contributed by atoms with Gasteiger partial charge in [-0.25, -0.2) is 13.8 Å². The van der Waals surface area contributed by atoms with Crippen LogP contribution in [-0.2, 0) is 6.42 Å². The second kappa shape index (κ2) is 5.93. The van der Waals surface area contributed by atoms with E-state index in [0.717, 1.165) is 31.5 Å². The minimum Gasteiger partial charge on any atom is -0.345 e. The number of thiazole rings is 1. The highest BCUT2D eigenvalue weighted by Crippen LogP contribution is 2.37. The Morgan fingerprint density at radius 2 is 2.33 bits per heavy atom. The number of fused-ring (bicyclic) bond motifs is 1. The Morgan fingerprint density at radius 1 is 1.56 bits per heavy atom. The van der Waals surface area contributed by atoms with Crippen molar-refractivity contribution in [2.45, 2.75) is 38.7 Å². The fourth-order valence-corrected chi connectivity index (χ4v) is 3.49. The van der Waals surface area contributed by atoms with Crippen molar-refractivity contribution < 1.29 is 8.78 Å². The number of nitrogens with zero attached hydrogens (tertiary/aromatic N) is 2. The van der Waals surface area contributed by atoms with Gasteiger partial charge < -0.3 is 10.2 Å². The average molecular weight is 275 g/mol. The van der Waals surface area contributed by atoms with E-state index in [1.165, 1.54) is 4.88 Å². The summed E-state index contributed by atoms with van der Waals surface area (Å²) in [6.45, 7) is 2.75. The van der Waals surface area contributed by atoms with E-state index in [1.54, 1.807) is 23.3 Å². The Bertz CT molecular complexity index is 395. The molecule has 0 spiro atoms. The summed E-state index contributed by atoms with van der Waals surface area (Å²) in [7, 11) is 1.68. The lowest BCUT2D eigenvalue weighted by Crippen LogP contribution is -2.23. The standard InChI is InChI=1S/C12H19F2N3S/c1-3-15-8-5-4-6-9-11(8)18-12(16-9)17(2)7-10(13)14/h8,10,15H,3-7H2,1-2H3. The molecule has 1 heterocycles. The zero-order valence-corrected chi connectivity index (χ0v) is 11.6. The molecule has 1 aliphatic rings. The van der Waals surface area contributed by atoms with Crippen LogP contribution < -0.4 is 10.2 Å². The molecule has 102 valence electrons. The van der Waals surface area contributed by atoms with Crippen molar-refractivity contribution in [3.8, 4) is 0 Å². The quantitative estimate of drug-likeness (QED) is 0.895. The Kier molecular flexibility index (Phi) is 4.50. The number of halogens is 2. The van der Waals surface area contributed by atoms with E-state index in [-0.39, 0.29) is 6.54 Å². The van der Waals surface area contributed by atoms with Gasteiger partial charge in [-0.15, -0.1) is 0 Å². The maximum atomic E-state index is 12.4. The van der Waals surface area contributed by atoms with Gasteiger partial charge in [0.1, 0.15) is 0 Å². The fourth-order valence-electron chi connectivity index (χ4n) is 2.30. The molecule has 18 heavy (non-hydrogen) atoms. The van der Waals surface area contributed by atoms with Crippen molar-refractivity contribution in [1.29, 1.82) is 0 Å². The second-order valence-corrected chi connectivity index (χ2v) is 5.59. The van der Waals surface area contributed by atoms with Crippen LogP contribution in [0.4, 0.5) is 13.9 Å². The SMILES string of the molecule is CCNC1CCCc2nc(N(C)CC(F)F)sc21. The molecule has 1 N–H and O–H groups in total. The third-order valence-corrected chi connectivity index (χ3v) is 4.45. The summed E-state index contributed by atoms with van der Waals surface area (Å²) in [5.74, 6) is 0. The summed E-state index contributed by atoms with van der Waals surface area (Å²) in [5.41, 5.74) is 1.09. The minimum absolute atomic E-state index is 0.252. The van der Waals surface area contributed by atoms with Crippen LogP contribution in [0.2, 0.25) is 0 Å². The molecule has 2 rings (SSSR count). The van der Waals surface area contributed by atoms with Gasteiger partial charge >= 0.3 is 0 Å². The molecule has 0 saturated carbocycles. The van der Waals surface area contributed by atoms with Gasteiger partial charge in [-0.3, -0.25) is 0 Å². The summed E-state index contributed by atoms with van der Waals surface area (Å²) in [6, 6.07) is 0.352. The number of nitrogens with one attached hydrogen (secondary N) is 1. The fraction of sp³-hybridized carbons (Fsp3) is 0.750. The molecule has 0 fully saturated rings. The average Bonchev–Trinajstić information content (AvgIpc) is 2.73. The van der Waals surface area contributed by atoms with Gasteiger partial charge in [-0.2, -0.15) is 0 Å². The first-order chi connectivity index (χ1) is 8.61. The van der Waals surface area contributed by atoms with E-state index < -0.39 is 6.43 Å². The number of hydrogen-bond donors (Lipinski definition) is 1. The molecule has 3 nitrogen and oxygen atoms in total. The van der Waals surface area contributed by atoms with E-state index in [4.69, 9.17) is 0 Å². The maximum absolute atomic E-state index is 12.4. The number of aromatic nitrogens is 1. The molecule has 1 aromatic rings. The number of rotatable bonds is 5. The van der Waals surface area contributed by atoms with Crippen LogP contribution in [0, 0.1) is 0 Å². The van der Waals surface area contributed by atoms with Crippen molar-refractivity contribution in [3.05, 3.63) is 10.6 Å². The van der Waals surface area contributed by atoms with Crippen LogP contribution in [-0.4, -0.2) is 31.5 Å². The largest absolute Gasteiger partial charge is 0.345 e. The molecule has 1 aliphatic carbocycles. The minimum atomic E-state index is -2.32. The van der Waals surface area contributed by atoms with Crippen molar-refractivity contribution in [2.24, 2.45) is 0 Å². The van der Waals surface area contributed by atoms with E-state index in [0.29, 0.717) is 11.2 Å². The first-order valence-electron chi connectivity index (χ1n) is 6.34. The third kappa shape index (κ3) is 2.98. The van der Waals surface area contributed by atoms with Gasteiger partial charge in [0.25, 0.3) is 6.43 Å². The van der Waals surface area contributed by atoms with E-state index in [1.807, 2.05) is 0 Å². The summed E-state index contributed by atoms with van der Waals surface area (Å²) in [5, 5.41) is 4.15. The van der Waals surface area contributed by atoms with Crippen LogP contribution in [0.25, 0.3) is 0 Å². The molecular formula is C12H19F2N3S. The number of hydrogen-bond acceptors (Lipinski definition) is 4. The molecule has 0 bridgehead atoms. The van der Waals surface area contributed by atoms with Crippen LogP contribution in [0.1, 0.15) is 36.4 Å². The van der Waals surface area contributed by atoms with Gasteiger partial charge in [0.15, 0.2) is 5.13 Å². The van der Waals surface area contributed by atoms with Crippen LogP contribution in [0.15, 0.2) is 0 Å². The zero-order chi connectivity index (χ0) is 13.1. The van der Waals surface area contributed by atoms with Gasteiger partial charge in [0.2, 0.25) is 0 Å². The molecular weight excluding hydrogens is 256 g/mol. The number of aryl methyl sites for hydroxylation is 1. The topological polar surface area (TPSA) is 28.2 Å². The van der Waals surface area contributed by atoms with Crippen LogP contribution >= 0.6 is 11.3 Å². The van der Waals surface area contributed by atoms with Crippen LogP contribution in [0.3, 0.4) is 0 Å². The maximum Gasteiger partial charge on any atom is 0.255 e. The predicted octanol–water partition coefficient (Wildman–Crippen LogP) is 2.83. The summed E-state index contributed by atoms with van der Waals surface area (Å²) < 4.78 is 24.7. The molecule has 1 atom stereocenters. The third-order valence-electron chi connectivity index (χ3n) is 3.13. The first kappa shape index (κ1) is 13.7. The second-order valence-electron chi connectivity index (χ2n) is 4.58. The Morgan fingerprint density at radius 3 is 3.00 bits per heavy atom. The highest BCUT2D eigenvalue weighted by atomic mass is 32.1. The van der Waals surface area contributed by atoms with E-state index in [9.17, 15) is 8.78 Å². The van der Waals surface area contributed by atoms with Crippen molar-refractivity contribution in [1.82, 2.24) is 10.3 Å². The monoisotopic (exact) mass is 275 g/mol. The molecule has 0 saturated heterocycles.